The minimum atomic E-state index is -0.427. The monoisotopic (exact) mass is 242 g/mol. The van der Waals surface area contributed by atoms with Crippen molar-refractivity contribution in [3.05, 3.63) is 0 Å². The summed E-state index contributed by atoms with van der Waals surface area (Å²) in [4.78, 5) is 11.6. The van der Waals surface area contributed by atoms with Crippen LogP contribution in [0.1, 0.15) is 52.9 Å². The van der Waals surface area contributed by atoms with Gasteiger partial charge in [0.2, 0.25) is 0 Å². The van der Waals surface area contributed by atoms with E-state index in [-0.39, 0.29) is 11.6 Å². The molecule has 2 N–H and O–H groups in total. The van der Waals surface area contributed by atoms with Crippen molar-refractivity contribution in [1.82, 2.24) is 10.6 Å². The Labute approximate surface area is 104 Å². The van der Waals surface area contributed by atoms with Gasteiger partial charge in [-0.1, -0.05) is 19.3 Å². The van der Waals surface area contributed by atoms with Gasteiger partial charge in [0.25, 0.3) is 0 Å². The molecule has 0 atom stereocenters. The number of carbonyl (C=O) groups excluding carboxylic acids is 1. The van der Waals surface area contributed by atoms with Gasteiger partial charge in [0.05, 0.1) is 0 Å². The lowest BCUT2D eigenvalue weighted by molar-refractivity contribution is 0.0502. The Morgan fingerprint density at radius 1 is 1.24 bits per heavy atom. The van der Waals surface area contributed by atoms with Gasteiger partial charge in [-0.15, -0.1) is 0 Å². The van der Waals surface area contributed by atoms with E-state index in [9.17, 15) is 4.79 Å². The number of ether oxygens (including phenoxy) is 1. The van der Waals surface area contributed by atoms with Crippen LogP contribution in [-0.4, -0.2) is 30.8 Å². The molecule has 1 rings (SSSR count). The number of carbonyl (C=O) groups is 1. The van der Waals surface area contributed by atoms with E-state index in [1.807, 2.05) is 27.8 Å². The van der Waals surface area contributed by atoms with Crippen molar-refractivity contribution in [2.45, 2.75) is 64.0 Å². The van der Waals surface area contributed by atoms with Crippen LogP contribution in [0.15, 0.2) is 0 Å². The summed E-state index contributed by atoms with van der Waals surface area (Å²) in [5.41, 5.74) is -0.362. The normalized spacial score (nSPS) is 19.8. The minimum absolute atomic E-state index is 0.0646. The highest BCUT2D eigenvalue weighted by Crippen LogP contribution is 2.27. The summed E-state index contributed by atoms with van der Waals surface area (Å²) in [6, 6.07) is 0. The van der Waals surface area contributed by atoms with E-state index >= 15 is 0 Å². The molecule has 0 heterocycles. The number of hydrogen-bond donors (Lipinski definition) is 2. The molecule has 100 valence electrons. The highest BCUT2D eigenvalue weighted by atomic mass is 16.6. The zero-order valence-corrected chi connectivity index (χ0v) is 11.6. The highest BCUT2D eigenvalue weighted by molar-refractivity contribution is 5.67. The van der Waals surface area contributed by atoms with E-state index < -0.39 is 5.60 Å². The van der Waals surface area contributed by atoms with Crippen LogP contribution in [0, 0.1) is 0 Å². The quantitative estimate of drug-likeness (QED) is 0.799. The van der Waals surface area contributed by atoms with Crippen molar-refractivity contribution in [1.29, 1.82) is 0 Å². The van der Waals surface area contributed by atoms with Crippen LogP contribution in [-0.2, 0) is 4.74 Å². The van der Waals surface area contributed by atoms with Gasteiger partial charge in [-0.3, -0.25) is 0 Å². The molecule has 1 aliphatic carbocycles. The largest absolute Gasteiger partial charge is 0.444 e. The van der Waals surface area contributed by atoms with Gasteiger partial charge in [0.15, 0.2) is 0 Å². The first-order chi connectivity index (χ1) is 7.87. The van der Waals surface area contributed by atoms with Crippen molar-refractivity contribution in [2.75, 3.05) is 13.6 Å². The Kier molecular flexibility index (Phi) is 4.80. The number of amides is 1. The number of nitrogens with one attached hydrogen (secondary N) is 2. The fourth-order valence-electron chi connectivity index (χ4n) is 2.30. The third kappa shape index (κ3) is 4.94. The van der Waals surface area contributed by atoms with Crippen molar-refractivity contribution >= 4 is 6.09 Å². The van der Waals surface area contributed by atoms with Gasteiger partial charge in [0, 0.05) is 12.1 Å². The maximum atomic E-state index is 11.6. The summed E-state index contributed by atoms with van der Waals surface area (Å²) < 4.78 is 5.24. The van der Waals surface area contributed by atoms with Crippen LogP contribution < -0.4 is 10.6 Å². The topological polar surface area (TPSA) is 50.4 Å². The molecular formula is C13H26N2O2. The molecule has 0 saturated heterocycles. The van der Waals surface area contributed by atoms with E-state index in [0.717, 1.165) is 12.8 Å². The van der Waals surface area contributed by atoms with E-state index in [4.69, 9.17) is 4.74 Å². The Hall–Kier alpha value is -0.770. The Morgan fingerprint density at radius 2 is 1.82 bits per heavy atom. The summed E-state index contributed by atoms with van der Waals surface area (Å²) in [6.45, 7) is 6.28. The second-order valence-corrected chi connectivity index (χ2v) is 5.95. The maximum absolute atomic E-state index is 11.6. The second kappa shape index (κ2) is 5.71. The minimum Gasteiger partial charge on any atom is -0.444 e. The number of alkyl carbamates (subject to hydrolysis) is 1. The lowest BCUT2D eigenvalue weighted by Crippen LogP contribution is -2.53. The SMILES string of the molecule is CNC1(CNC(=O)OC(C)(C)C)CCCCC1. The number of hydrogen-bond acceptors (Lipinski definition) is 3. The molecule has 1 saturated carbocycles. The predicted molar refractivity (Wildman–Crippen MR) is 69.1 cm³/mol. The molecule has 0 aromatic rings. The molecule has 1 amide bonds. The van der Waals surface area contributed by atoms with Crippen LogP contribution in [0.5, 0.6) is 0 Å². The molecule has 0 spiro atoms. The fourth-order valence-corrected chi connectivity index (χ4v) is 2.30. The molecule has 4 heteroatoms. The first-order valence-corrected chi connectivity index (χ1v) is 6.53. The summed E-state index contributed by atoms with van der Waals surface area (Å²) >= 11 is 0. The van der Waals surface area contributed by atoms with Crippen LogP contribution in [0.2, 0.25) is 0 Å². The molecule has 0 aromatic carbocycles. The molecule has 1 aliphatic rings. The van der Waals surface area contributed by atoms with Crippen molar-refractivity contribution in [3.8, 4) is 0 Å². The van der Waals surface area contributed by atoms with E-state index in [2.05, 4.69) is 10.6 Å². The van der Waals surface area contributed by atoms with Gasteiger partial charge in [-0.25, -0.2) is 4.79 Å². The molecule has 17 heavy (non-hydrogen) atoms. The van der Waals surface area contributed by atoms with E-state index in [1.165, 1.54) is 19.3 Å². The smallest absolute Gasteiger partial charge is 0.407 e. The standard InChI is InChI=1S/C13H26N2O2/c1-12(2,3)17-11(16)15-10-13(14-4)8-6-5-7-9-13/h14H,5-10H2,1-4H3,(H,15,16). The van der Waals surface area contributed by atoms with Gasteiger partial charge < -0.3 is 15.4 Å². The zero-order chi connectivity index (χ0) is 12.9. The third-order valence-corrected chi connectivity index (χ3v) is 3.31. The third-order valence-electron chi connectivity index (χ3n) is 3.31. The second-order valence-electron chi connectivity index (χ2n) is 5.95. The van der Waals surface area contributed by atoms with Crippen LogP contribution in [0.3, 0.4) is 0 Å². The summed E-state index contributed by atoms with van der Waals surface area (Å²) in [5, 5.41) is 6.24. The average molecular weight is 242 g/mol. The van der Waals surface area contributed by atoms with E-state index in [1.54, 1.807) is 0 Å². The first kappa shape index (κ1) is 14.3. The van der Waals surface area contributed by atoms with Crippen LogP contribution in [0.4, 0.5) is 4.79 Å². The lowest BCUT2D eigenvalue weighted by atomic mass is 9.82. The van der Waals surface area contributed by atoms with Crippen molar-refractivity contribution in [3.63, 3.8) is 0 Å². The fraction of sp³-hybridized carbons (Fsp3) is 0.923. The number of rotatable bonds is 3. The molecule has 4 nitrogen and oxygen atoms in total. The molecule has 0 radical (unpaired) electrons. The van der Waals surface area contributed by atoms with Gasteiger partial charge in [-0.2, -0.15) is 0 Å². The first-order valence-electron chi connectivity index (χ1n) is 6.53. The van der Waals surface area contributed by atoms with Gasteiger partial charge in [-0.05, 0) is 40.7 Å². The predicted octanol–water partition coefficient (Wildman–Crippen LogP) is 2.43. The molecule has 0 aliphatic heterocycles. The summed E-state index contributed by atoms with van der Waals surface area (Å²) in [6.07, 6.45) is 5.69. The molecular weight excluding hydrogens is 216 g/mol. The molecule has 0 bridgehead atoms. The van der Waals surface area contributed by atoms with Crippen molar-refractivity contribution in [2.24, 2.45) is 0 Å². The maximum Gasteiger partial charge on any atom is 0.407 e. The Balaban J connectivity index is 2.39. The zero-order valence-electron chi connectivity index (χ0n) is 11.6. The lowest BCUT2D eigenvalue weighted by Gasteiger charge is -2.37. The van der Waals surface area contributed by atoms with Crippen molar-refractivity contribution < 1.29 is 9.53 Å². The Morgan fingerprint density at radius 3 is 2.29 bits per heavy atom. The molecule has 1 fully saturated rings. The summed E-state index contributed by atoms with van der Waals surface area (Å²) in [7, 11) is 1.97. The van der Waals surface area contributed by atoms with Crippen LogP contribution in [0.25, 0.3) is 0 Å². The average Bonchev–Trinajstić information content (AvgIpc) is 2.25. The Bertz CT molecular complexity index is 253. The molecule has 0 aromatic heterocycles. The number of likely N-dealkylation sites (N-methyl/N-ethyl adjacent to an activating group) is 1. The summed E-state index contributed by atoms with van der Waals surface area (Å²) in [5.74, 6) is 0. The van der Waals surface area contributed by atoms with Gasteiger partial charge in [0.1, 0.15) is 5.60 Å². The van der Waals surface area contributed by atoms with E-state index in [0.29, 0.717) is 6.54 Å². The molecule has 0 unspecified atom stereocenters. The van der Waals surface area contributed by atoms with Crippen LogP contribution >= 0.6 is 0 Å². The highest BCUT2D eigenvalue weighted by Gasteiger charge is 2.31. The van der Waals surface area contributed by atoms with Gasteiger partial charge >= 0.3 is 6.09 Å².